The van der Waals surface area contributed by atoms with Gasteiger partial charge in [0.25, 0.3) is 5.91 Å². The minimum absolute atomic E-state index is 0.0944. The smallest absolute Gasteiger partial charge is 0.255 e. The van der Waals surface area contributed by atoms with Crippen LogP contribution in [0.2, 0.25) is 0 Å². The van der Waals surface area contributed by atoms with Crippen molar-refractivity contribution in [3.8, 4) is 5.69 Å². The first-order valence-electron chi connectivity index (χ1n) is 6.66. The second kappa shape index (κ2) is 5.93. The molecule has 0 aliphatic rings. The van der Waals surface area contributed by atoms with E-state index in [4.69, 9.17) is 0 Å². The van der Waals surface area contributed by atoms with Crippen molar-refractivity contribution < 1.29 is 4.79 Å². The Bertz CT molecular complexity index is 732. The van der Waals surface area contributed by atoms with E-state index in [1.165, 1.54) is 0 Å². The molecule has 0 bridgehead atoms. The molecule has 0 spiro atoms. The molecule has 0 saturated carbocycles. The molecule has 106 valence electrons. The molecule has 3 rings (SSSR count). The molecule has 0 aliphatic carbocycles. The van der Waals surface area contributed by atoms with Gasteiger partial charge in [-0.05, 0) is 30.5 Å². The van der Waals surface area contributed by atoms with Gasteiger partial charge in [0.05, 0.1) is 29.7 Å². The number of carbonyl (C=O) groups excluding carboxylic acids is 1. The van der Waals surface area contributed by atoms with Crippen LogP contribution in [0.5, 0.6) is 0 Å². The summed E-state index contributed by atoms with van der Waals surface area (Å²) < 4.78 is 1.78. The monoisotopic (exact) mass is 297 g/mol. The molecule has 0 fully saturated rings. The highest BCUT2D eigenvalue weighted by molar-refractivity contribution is 7.09. The molecule has 0 atom stereocenters. The highest BCUT2D eigenvalue weighted by Crippen LogP contribution is 2.14. The Morgan fingerprint density at radius 1 is 1.24 bits per heavy atom. The van der Waals surface area contributed by atoms with E-state index in [1.54, 1.807) is 22.2 Å². The lowest BCUT2D eigenvalue weighted by Gasteiger charge is -2.06. The van der Waals surface area contributed by atoms with Gasteiger partial charge in [-0.3, -0.25) is 4.79 Å². The number of rotatable bonds is 4. The number of thiophene rings is 1. The van der Waals surface area contributed by atoms with Crippen molar-refractivity contribution in [1.82, 2.24) is 15.1 Å². The maximum atomic E-state index is 12.2. The summed E-state index contributed by atoms with van der Waals surface area (Å²) in [6, 6.07) is 13.8. The van der Waals surface area contributed by atoms with E-state index in [2.05, 4.69) is 10.4 Å². The second-order valence-corrected chi connectivity index (χ2v) is 5.69. The Morgan fingerprint density at radius 2 is 2.05 bits per heavy atom. The van der Waals surface area contributed by atoms with Crippen molar-refractivity contribution in [2.24, 2.45) is 0 Å². The summed E-state index contributed by atoms with van der Waals surface area (Å²) >= 11 is 1.63. The van der Waals surface area contributed by atoms with Crippen LogP contribution in [0.15, 0.2) is 54.0 Å². The average Bonchev–Trinajstić information content (AvgIpc) is 3.15. The van der Waals surface area contributed by atoms with Crippen molar-refractivity contribution in [3.05, 3.63) is 70.2 Å². The van der Waals surface area contributed by atoms with E-state index in [0.717, 1.165) is 16.3 Å². The van der Waals surface area contributed by atoms with Crippen molar-refractivity contribution in [1.29, 1.82) is 0 Å². The van der Waals surface area contributed by atoms with Crippen LogP contribution in [0.3, 0.4) is 0 Å². The standard InChI is InChI=1S/C16H15N3OS/c1-12-15(16(20)17-10-14-8-5-9-21-14)11-18-19(12)13-6-3-2-4-7-13/h2-9,11H,10H2,1H3,(H,17,20). The Kier molecular flexibility index (Phi) is 3.83. The Hall–Kier alpha value is -2.40. The number of nitrogens with zero attached hydrogens (tertiary/aromatic N) is 2. The highest BCUT2D eigenvalue weighted by atomic mass is 32.1. The molecule has 1 amide bonds. The lowest BCUT2D eigenvalue weighted by Crippen LogP contribution is -2.22. The topological polar surface area (TPSA) is 46.9 Å². The van der Waals surface area contributed by atoms with Crippen LogP contribution in [0.4, 0.5) is 0 Å². The average molecular weight is 297 g/mol. The molecule has 2 heterocycles. The summed E-state index contributed by atoms with van der Waals surface area (Å²) in [5, 5.41) is 9.24. The minimum atomic E-state index is -0.0944. The molecular weight excluding hydrogens is 282 g/mol. The van der Waals surface area contributed by atoms with E-state index in [-0.39, 0.29) is 5.91 Å². The third-order valence-electron chi connectivity index (χ3n) is 3.26. The third kappa shape index (κ3) is 2.87. The molecule has 21 heavy (non-hydrogen) atoms. The Morgan fingerprint density at radius 3 is 2.76 bits per heavy atom. The number of benzene rings is 1. The van der Waals surface area contributed by atoms with Crippen LogP contribution in [0.1, 0.15) is 20.9 Å². The third-order valence-corrected chi connectivity index (χ3v) is 4.13. The predicted molar refractivity (Wildman–Crippen MR) is 83.8 cm³/mol. The highest BCUT2D eigenvalue weighted by Gasteiger charge is 2.14. The lowest BCUT2D eigenvalue weighted by atomic mass is 10.2. The molecule has 0 saturated heterocycles. The van der Waals surface area contributed by atoms with Crippen LogP contribution in [0, 0.1) is 6.92 Å². The SMILES string of the molecule is Cc1c(C(=O)NCc2cccs2)cnn1-c1ccccc1. The van der Waals surface area contributed by atoms with E-state index in [1.807, 2.05) is 54.8 Å². The van der Waals surface area contributed by atoms with Gasteiger partial charge in [-0.1, -0.05) is 24.3 Å². The predicted octanol–water partition coefficient (Wildman–Crippen LogP) is 3.17. The zero-order valence-corrected chi connectivity index (χ0v) is 12.4. The summed E-state index contributed by atoms with van der Waals surface area (Å²) in [5.74, 6) is -0.0944. The molecule has 4 nitrogen and oxygen atoms in total. The fraction of sp³-hybridized carbons (Fsp3) is 0.125. The molecule has 0 aliphatic heterocycles. The number of para-hydroxylation sites is 1. The fourth-order valence-corrected chi connectivity index (χ4v) is 2.78. The van der Waals surface area contributed by atoms with Crippen LogP contribution in [-0.4, -0.2) is 15.7 Å². The Labute approximate surface area is 127 Å². The number of nitrogens with one attached hydrogen (secondary N) is 1. The van der Waals surface area contributed by atoms with Gasteiger partial charge in [-0.2, -0.15) is 5.10 Å². The zero-order chi connectivity index (χ0) is 14.7. The largest absolute Gasteiger partial charge is 0.347 e. The van der Waals surface area contributed by atoms with Crippen molar-refractivity contribution in [2.45, 2.75) is 13.5 Å². The van der Waals surface area contributed by atoms with Crippen molar-refractivity contribution in [2.75, 3.05) is 0 Å². The Balaban J connectivity index is 1.77. The first-order valence-corrected chi connectivity index (χ1v) is 7.54. The number of hydrogen-bond acceptors (Lipinski definition) is 3. The van der Waals surface area contributed by atoms with Gasteiger partial charge in [-0.15, -0.1) is 11.3 Å². The molecule has 5 heteroatoms. The van der Waals surface area contributed by atoms with Gasteiger partial charge < -0.3 is 5.32 Å². The quantitative estimate of drug-likeness (QED) is 0.804. The maximum absolute atomic E-state index is 12.2. The number of amides is 1. The minimum Gasteiger partial charge on any atom is -0.347 e. The van der Waals surface area contributed by atoms with E-state index < -0.39 is 0 Å². The molecule has 2 aromatic heterocycles. The van der Waals surface area contributed by atoms with Crippen LogP contribution < -0.4 is 5.32 Å². The van der Waals surface area contributed by atoms with E-state index in [0.29, 0.717) is 12.1 Å². The van der Waals surface area contributed by atoms with Crippen LogP contribution in [-0.2, 0) is 6.54 Å². The van der Waals surface area contributed by atoms with Gasteiger partial charge in [0.15, 0.2) is 0 Å². The molecule has 0 radical (unpaired) electrons. The van der Waals surface area contributed by atoms with Crippen LogP contribution in [0.25, 0.3) is 5.69 Å². The van der Waals surface area contributed by atoms with E-state index in [9.17, 15) is 4.79 Å². The van der Waals surface area contributed by atoms with Gasteiger partial charge in [-0.25, -0.2) is 4.68 Å². The van der Waals surface area contributed by atoms with Gasteiger partial charge in [0, 0.05) is 4.88 Å². The molecule has 1 N–H and O–H groups in total. The summed E-state index contributed by atoms with van der Waals surface area (Å²) in [7, 11) is 0. The normalized spacial score (nSPS) is 10.5. The molecule has 0 unspecified atom stereocenters. The first kappa shape index (κ1) is 13.6. The van der Waals surface area contributed by atoms with Gasteiger partial charge >= 0.3 is 0 Å². The zero-order valence-electron chi connectivity index (χ0n) is 11.6. The summed E-state index contributed by atoms with van der Waals surface area (Å²) in [4.78, 5) is 13.4. The van der Waals surface area contributed by atoms with Gasteiger partial charge in [0.1, 0.15) is 0 Å². The lowest BCUT2D eigenvalue weighted by molar-refractivity contribution is 0.0950. The van der Waals surface area contributed by atoms with Crippen molar-refractivity contribution in [3.63, 3.8) is 0 Å². The molecule has 1 aromatic carbocycles. The van der Waals surface area contributed by atoms with E-state index >= 15 is 0 Å². The van der Waals surface area contributed by atoms with Crippen molar-refractivity contribution >= 4 is 17.2 Å². The first-order chi connectivity index (χ1) is 10.3. The second-order valence-electron chi connectivity index (χ2n) is 4.65. The molecule has 3 aromatic rings. The summed E-state index contributed by atoms with van der Waals surface area (Å²) in [6.07, 6.45) is 1.62. The number of carbonyl (C=O) groups is 1. The summed E-state index contributed by atoms with van der Waals surface area (Å²) in [6.45, 7) is 2.45. The number of aromatic nitrogens is 2. The number of hydrogen-bond donors (Lipinski definition) is 1. The maximum Gasteiger partial charge on any atom is 0.255 e. The molecular formula is C16H15N3OS. The van der Waals surface area contributed by atoms with Crippen LogP contribution >= 0.6 is 11.3 Å². The fourth-order valence-electron chi connectivity index (χ4n) is 2.14. The van der Waals surface area contributed by atoms with Gasteiger partial charge in [0.2, 0.25) is 0 Å². The summed E-state index contributed by atoms with van der Waals surface area (Å²) in [5.41, 5.74) is 2.40.